The van der Waals surface area contributed by atoms with Crippen LogP contribution in [0.2, 0.25) is 0 Å². The van der Waals surface area contributed by atoms with Gasteiger partial charge in [0, 0.05) is 42.6 Å². The number of aromatic nitrogens is 1. The lowest BCUT2D eigenvalue weighted by Gasteiger charge is -2.37. The molecule has 3 rings (SSSR count). The zero-order chi connectivity index (χ0) is 12.5. The van der Waals surface area contributed by atoms with Gasteiger partial charge in [0.05, 0.1) is 0 Å². The number of piperidine rings is 1. The molecule has 2 N–H and O–H groups in total. The van der Waals surface area contributed by atoms with E-state index in [2.05, 4.69) is 41.1 Å². The highest BCUT2D eigenvalue weighted by Gasteiger charge is 2.23. The van der Waals surface area contributed by atoms with Crippen LogP contribution >= 0.6 is 0 Å². The van der Waals surface area contributed by atoms with Gasteiger partial charge >= 0.3 is 0 Å². The first-order valence-electron chi connectivity index (χ1n) is 6.59. The van der Waals surface area contributed by atoms with Gasteiger partial charge < -0.3 is 10.6 Å². The van der Waals surface area contributed by atoms with Crippen molar-refractivity contribution in [1.29, 1.82) is 0 Å². The molecule has 2 heterocycles. The predicted octanol–water partition coefficient (Wildman–Crippen LogP) is 2.41. The van der Waals surface area contributed by atoms with Gasteiger partial charge in [-0.15, -0.1) is 0 Å². The number of fused-ring (bicyclic) bond motifs is 1. The van der Waals surface area contributed by atoms with E-state index < -0.39 is 0 Å². The molecule has 1 aliphatic rings. The Morgan fingerprint density at radius 2 is 2.22 bits per heavy atom. The summed E-state index contributed by atoms with van der Waals surface area (Å²) in [5.74, 6) is 0.547. The van der Waals surface area contributed by atoms with Gasteiger partial charge in [0.25, 0.3) is 0 Å². The van der Waals surface area contributed by atoms with Crippen molar-refractivity contribution in [2.24, 2.45) is 11.7 Å². The molecule has 0 saturated carbocycles. The van der Waals surface area contributed by atoms with Crippen LogP contribution in [-0.2, 0) is 0 Å². The molecule has 3 heteroatoms. The zero-order valence-corrected chi connectivity index (χ0v) is 10.7. The number of anilines is 1. The van der Waals surface area contributed by atoms with Crippen molar-refractivity contribution in [3.63, 3.8) is 0 Å². The summed E-state index contributed by atoms with van der Waals surface area (Å²) in [6.07, 6.45) is 4.88. The largest absolute Gasteiger partial charge is 0.371 e. The minimum atomic E-state index is 0.342. The summed E-state index contributed by atoms with van der Waals surface area (Å²) in [5.41, 5.74) is 7.38. The molecule has 2 aromatic rings. The Hall–Kier alpha value is -1.61. The lowest BCUT2D eigenvalue weighted by atomic mass is 9.94. The summed E-state index contributed by atoms with van der Waals surface area (Å²) in [5, 5.41) is 2.49. The molecule has 1 aromatic carbocycles. The van der Waals surface area contributed by atoms with E-state index in [9.17, 15) is 0 Å². The fourth-order valence-corrected chi connectivity index (χ4v) is 2.76. The van der Waals surface area contributed by atoms with Crippen LogP contribution < -0.4 is 10.6 Å². The molecule has 0 radical (unpaired) electrons. The van der Waals surface area contributed by atoms with Gasteiger partial charge in [-0.25, -0.2) is 0 Å². The summed E-state index contributed by atoms with van der Waals surface area (Å²) in [4.78, 5) is 6.69. The fraction of sp³-hybridized carbons (Fsp3) is 0.400. The van der Waals surface area contributed by atoms with Crippen molar-refractivity contribution in [3.8, 4) is 0 Å². The maximum absolute atomic E-state index is 6.09. The monoisotopic (exact) mass is 241 g/mol. The van der Waals surface area contributed by atoms with Gasteiger partial charge in [-0.1, -0.05) is 19.1 Å². The Kier molecular flexibility index (Phi) is 2.92. The van der Waals surface area contributed by atoms with E-state index in [1.165, 1.54) is 16.5 Å². The van der Waals surface area contributed by atoms with E-state index >= 15 is 0 Å². The molecule has 0 aliphatic carbocycles. The molecule has 1 aliphatic heterocycles. The minimum Gasteiger partial charge on any atom is -0.371 e. The molecular formula is C15H19N3. The number of hydrogen-bond acceptors (Lipinski definition) is 3. The zero-order valence-electron chi connectivity index (χ0n) is 10.7. The van der Waals surface area contributed by atoms with E-state index in [0.29, 0.717) is 12.0 Å². The van der Waals surface area contributed by atoms with Crippen LogP contribution in [0, 0.1) is 5.92 Å². The van der Waals surface area contributed by atoms with E-state index in [1.54, 1.807) is 0 Å². The summed E-state index contributed by atoms with van der Waals surface area (Å²) in [6.45, 7) is 4.31. The summed E-state index contributed by atoms with van der Waals surface area (Å²) < 4.78 is 0. The summed E-state index contributed by atoms with van der Waals surface area (Å²) >= 11 is 0. The first-order chi connectivity index (χ1) is 8.75. The lowest BCUT2D eigenvalue weighted by Crippen LogP contribution is -2.46. The van der Waals surface area contributed by atoms with Crippen molar-refractivity contribution in [1.82, 2.24) is 4.98 Å². The number of rotatable bonds is 1. The predicted molar refractivity (Wildman–Crippen MR) is 75.7 cm³/mol. The minimum absolute atomic E-state index is 0.342. The number of benzene rings is 1. The van der Waals surface area contributed by atoms with Crippen molar-refractivity contribution >= 4 is 16.5 Å². The first kappa shape index (κ1) is 11.5. The van der Waals surface area contributed by atoms with Crippen LogP contribution in [0.1, 0.15) is 13.3 Å². The van der Waals surface area contributed by atoms with E-state index in [4.69, 9.17) is 5.73 Å². The third kappa shape index (κ3) is 1.95. The Labute approximate surface area is 108 Å². The Bertz CT molecular complexity index is 547. The number of pyridine rings is 1. The molecule has 1 fully saturated rings. The highest BCUT2D eigenvalue weighted by Crippen LogP contribution is 2.29. The molecule has 18 heavy (non-hydrogen) atoms. The molecule has 0 bridgehead atoms. The van der Waals surface area contributed by atoms with Gasteiger partial charge in [-0.3, -0.25) is 4.98 Å². The van der Waals surface area contributed by atoms with Crippen molar-refractivity contribution in [2.45, 2.75) is 19.4 Å². The highest BCUT2D eigenvalue weighted by molar-refractivity contribution is 5.93. The second kappa shape index (κ2) is 4.58. The maximum atomic E-state index is 6.09. The smallest absolute Gasteiger partial charge is 0.0461 e. The number of nitrogens with two attached hydrogens (primary N) is 1. The van der Waals surface area contributed by atoms with Crippen LogP contribution in [0.3, 0.4) is 0 Å². The summed E-state index contributed by atoms with van der Waals surface area (Å²) in [7, 11) is 0. The van der Waals surface area contributed by atoms with Crippen LogP contribution in [0.5, 0.6) is 0 Å². The second-order valence-corrected chi connectivity index (χ2v) is 5.25. The Balaban J connectivity index is 1.99. The average molecular weight is 241 g/mol. The number of nitrogens with zero attached hydrogens (tertiary/aromatic N) is 2. The van der Waals surface area contributed by atoms with E-state index in [1.807, 2.05) is 12.4 Å². The van der Waals surface area contributed by atoms with Crippen LogP contribution in [-0.4, -0.2) is 24.1 Å². The second-order valence-electron chi connectivity index (χ2n) is 5.25. The first-order valence-corrected chi connectivity index (χ1v) is 6.59. The highest BCUT2D eigenvalue weighted by atomic mass is 15.1. The molecule has 2 atom stereocenters. The van der Waals surface area contributed by atoms with Crippen LogP contribution in [0.25, 0.3) is 10.8 Å². The van der Waals surface area contributed by atoms with Crippen molar-refractivity contribution in [2.75, 3.05) is 18.0 Å². The molecule has 1 aromatic heterocycles. The molecule has 3 nitrogen and oxygen atoms in total. The average Bonchev–Trinajstić information content (AvgIpc) is 2.41. The van der Waals surface area contributed by atoms with Crippen LogP contribution in [0.15, 0.2) is 36.7 Å². The molecule has 2 unspecified atom stereocenters. The Morgan fingerprint density at radius 3 is 3.06 bits per heavy atom. The number of hydrogen-bond donors (Lipinski definition) is 1. The lowest BCUT2D eigenvalue weighted by molar-refractivity contribution is 0.383. The van der Waals surface area contributed by atoms with E-state index in [0.717, 1.165) is 19.5 Å². The van der Waals surface area contributed by atoms with Crippen LogP contribution in [0.4, 0.5) is 5.69 Å². The van der Waals surface area contributed by atoms with Gasteiger partial charge in [0.1, 0.15) is 0 Å². The van der Waals surface area contributed by atoms with Gasteiger partial charge in [0.15, 0.2) is 0 Å². The topological polar surface area (TPSA) is 42.2 Å². The molecule has 1 saturated heterocycles. The van der Waals surface area contributed by atoms with E-state index in [-0.39, 0.29) is 0 Å². The molecule has 0 amide bonds. The normalized spacial score (nSPS) is 24.4. The summed E-state index contributed by atoms with van der Waals surface area (Å²) in [6, 6.07) is 8.86. The third-order valence-corrected chi connectivity index (χ3v) is 3.97. The quantitative estimate of drug-likeness (QED) is 0.833. The maximum Gasteiger partial charge on any atom is 0.0461 e. The van der Waals surface area contributed by atoms with Gasteiger partial charge in [0.2, 0.25) is 0 Å². The Morgan fingerprint density at radius 1 is 1.33 bits per heavy atom. The third-order valence-electron chi connectivity index (χ3n) is 3.97. The molecule has 94 valence electrons. The molecular weight excluding hydrogens is 222 g/mol. The fourth-order valence-electron chi connectivity index (χ4n) is 2.76. The van der Waals surface area contributed by atoms with Crippen molar-refractivity contribution < 1.29 is 0 Å². The SMILES string of the molecule is CC1CN(c2cccc3ccncc23)CCC1N. The van der Waals surface area contributed by atoms with Gasteiger partial charge in [-0.05, 0) is 29.9 Å². The molecule has 0 spiro atoms. The van der Waals surface area contributed by atoms with Gasteiger partial charge in [-0.2, -0.15) is 0 Å². The standard InChI is InChI=1S/C15H19N3/c1-11-10-18(8-6-14(11)16)15-4-2-3-12-5-7-17-9-13(12)15/h2-5,7,9,11,14H,6,8,10,16H2,1H3. The van der Waals surface area contributed by atoms with Crippen molar-refractivity contribution in [3.05, 3.63) is 36.7 Å².